The van der Waals surface area contributed by atoms with Crippen molar-refractivity contribution >= 4 is 31.6 Å². The van der Waals surface area contributed by atoms with Crippen LogP contribution in [0, 0.1) is 13.8 Å². The molecule has 0 amide bonds. The molecule has 1 aromatic heterocycles. The number of hydrogen-bond acceptors (Lipinski definition) is 4. The number of benzene rings is 1. The van der Waals surface area contributed by atoms with E-state index in [0.717, 1.165) is 11.1 Å². The van der Waals surface area contributed by atoms with Gasteiger partial charge in [0.1, 0.15) is 10.7 Å². The van der Waals surface area contributed by atoms with Crippen molar-refractivity contribution in [1.82, 2.24) is 5.32 Å². The molecule has 2 N–H and O–H groups in total. The Hall–Kier alpha value is -1.31. The SMILES string of the molecule is CNCc1cc(S(=O)(=O)Nc2cc(C)ccc2C)c(Br)o1. The topological polar surface area (TPSA) is 71.3 Å². The molecular weight excluding hydrogens is 356 g/mol. The Balaban J connectivity index is 2.36. The van der Waals surface area contributed by atoms with Crippen molar-refractivity contribution in [2.24, 2.45) is 0 Å². The van der Waals surface area contributed by atoms with E-state index in [1.165, 1.54) is 6.07 Å². The molecule has 0 bridgehead atoms. The van der Waals surface area contributed by atoms with E-state index in [1.54, 1.807) is 13.1 Å². The van der Waals surface area contributed by atoms with Gasteiger partial charge >= 0.3 is 0 Å². The Morgan fingerprint density at radius 1 is 1.24 bits per heavy atom. The second-order valence-corrected chi connectivity index (χ2v) is 7.18. The number of anilines is 1. The van der Waals surface area contributed by atoms with E-state index in [9.17, 15) is 8.42 Å². The molecule has 0 fully saturated rings. The lowest BCUT2D eigenvalue weighted by Gasteiger charge is -2.10. The highest BCUT2D eigenvalue weighted by Gasteiger charge is 2.23. The Morgan fingerprint density at radius 2 is 1.95 bits per heavy atom. The van der Waals surface area contributed by atoms with Crippen LogP contribution in [0.25, 0.3) is 0 Å². The maximum absolute atomic E-state index is 12.5. The number of nitrogens with one attached hydrogen (secondary N) is 2. The summed E-state index contributed by atoms with van der Waals surface area (Å²) in [6.45, 7) is 4.22. The van der Waals surface area contributed by atoms with E-state index in [1.807, 2.05) is 26.0 Å². The van der Waals surface area contributed by atoms with Gasteiger partial charge < -0.3 is 9.73 Å². The highest BCUT2D eigenvalue weighted by molar-refractivity contribution is 9.10. The molecule has 0 aliphatic heterocycles. The van der Waals surface area contributed by atoms with Crippen LogP contribution in [-0.4, -0.2) is 15.5 Å². The van der Waals surface area contributed by atoms with Crippen LogP contribution in [0.2, 0.25) is 0 Å². The molecule has 5 nitrogen and oxygen atoms in total. The summed E-state index contributed by atoms with van der Waals surface area (Å²) < 4.78 is 33.1. The predicted octanol–water partition coefficient (Wildman–Crippen LogP) is 3.18. The zero-order valence-corrected chi connectivity index (χ0v) is 14.4. The molecule has 0 atom stereocenters. The van der Waals surface area contributed by atoms with Gasteiger partial charge in [0.05, 0.1) is 12.2 Å². The average molecular weight is 373 g/mol. The lowest BCUT2D eigenvalue weighted by Crippen LogP contribution is -2.13. The summed E-state index contributed by atoms with van der Waals surface area (Å²) in [5.74, 6) is 0.547. The van der Waals surface area contributed by atoms with Crippen molar-refractivity contribution in [2.75, 3.05) is 11.8 Å². The molecule has 1 aromatic carbocycles. The lowest BCUT2D eigenvalue weighted by atomic mass is 10.1. The Morgan fingerprint density at radius 3 is 2.62 bits per heavy atom. The van der Waals surface area contributed by atoms with Gasteiger partial charge in [0.15, 0.2) is 4.67 Å². The summed E-state index contributed by atoms with van der Waals surface area (Å²) in [7, 11) is -1.94. The highest BCUT2D eigenvalue weighted by Crippen LogP contribution is 2.29. The van der Waals surface area contributed by atoms with Gasteiger partial charge in [-0.05, 0) is 54.0 Å². The molecule has 0 radical (unpaired) electrons. The smallest absolute Gasteiger partial charge is 0.266 e. The van der Waals surface area contributed by atoms with Gasteiger partial charge in [-0.2, -0.15) is 0 Å². The van der Waals surface area contributed by atoms with Crippen molar-refractivity contribution in [3.63, 3.8) is 0 Å². The fourth-order valence-electron chi connectivity index (χ4n) is 1.89. The lowest BCUT2D eigenvalue weighted by molar-refractivity contribution is 0.470. The molecule has 2 aromatic rings. The zero-order valence-electron chi connectivity index (χ0n) is 12.0. The van der Waals surface area contributed by atoms with Crippen LogP contribution in [0.3, 0.4) is 0 Å². The van der Waals surface area contributed by atoms with Gasteiger partial charge in [0, 0.05) is 6.07 Å². The number of hydrogen-bond donors (Lipinski definition) is 2. The first-order valence-corrected chi connectivity index (χ1v) is 8.64. The molecule has 0 aliphatic carbocycles. The number of aryl methyl sites for hydroxylation is 2. The molecular formula is C14H17BrN2O3S. The maximum atomic E-state index is 12.5. The Bertz CT molecular complexity index is 754. The van der Waals surface area contributed by atoms with E-state index < -0.39 is 10.0 Å². The van der Waals surface area contributed by atoms with E-state index >= 15 is 0 Å². The van der Waals surface area contributed by atoms with E-state index in [4.69, 9.17) is 4.42 Å². The van der Waals surface area contributed by atoms with E-state index in [-0.39, 0.29) is 9.56 Å². The second kappa shape index (κ2) is 6.21. The summed E-state index contributed by atoms with van der Waals surface area (Å²) in [6, 6.07) is 7.12. The highest BCUT2D eigenvalue weighted by atomic mass is 79.9. The first-order chi connectivity index (χ1) is 9.83. The number of sulfonamides is 1. The molecule has 2 rings (SSSR count). The summed E-state index contributed by atoms with van der Waals surface area (Å²) >= 11 is 3.16. The van der Waals surface area contributed by atoms with Crippen LogP contribution in [0.5, 0.6) is 0 Å². The van der Waals surface area contributed by atoms with Crippen LogP contribution >= 0.6 is 15.9 Å². The van der Waals surface area contributed by atoms with Gasteiger partial charge in [0.25, 0.3) is 10.0 Å². The summed E-state index contributed by atoms with van der Waals surface area (Å²) in [6.07, 6.45) is 0. The molecule has 21 heavy (non-hydrogen) atoms. The summed E-state index contributed by atoms with van der Waals surface area (Å²) in [5.41, 5.74) is 2.41. The minimum atomic E-state index is -3.70. The minimum Gasteiger partial charge on any atom is -0.451 e. The van der Waals surface area contributed by atoms with Crippen molar-refractivity contribution in [1.29, 1.82) is 0 Å². The monoisotopic (exact) mass is 372 g/mol. The standard InChI is InChI=1S/C14H17BrN2O3S/c1-9-4-5-10(2)12(6-9)17-21(18,19)13-7-11(8-16-3)20-14(13)15/h4-7,16-17H,8H2,1-3H3. The van der Waals surface area contributed by atoms with Gasteiger partial charge in [-0.1, -0.05) is 12.1 Å². The van der Waals surface area contributed by atoms with Crippen LogP contribution in [0.1, 0.15) is 16.9 Å². The van der Waals surface area contributed by atoms with E-state index in [2.05, 4.69) is 26.0 Å². The molecule has 7 heteroatoms. The summed E-state index contributed by atoms with van der Waals surface area (Å²) in [5, 5.41) is 2.91. The normalized spacial score (nSPS) is 11.6. The second-order valence-electron chi connectivity index (χ2n) is 4.80. The third-order valence-corrected chi connectivity index (χ3v) is 5.21. The largest absolute Gasteiger partial charge is 0.451 e. The molecule has 114 valence electrons. The quantitative estimate of drug-likeness (QED) is 0.845. The fraction of sp³-hybridized carbons (Fsp3) is 0.286. The van der Waals surface area contributed by atoms with Gasteiger partial charge in [-0.3, -0.25) is 4.72 Å². The molecule has 0 saturated carbocycles. The molecule has 1 heterocycles. The van der Waals surface area contributed by atoms with Gasteiger partial charge in [-0.25, -0.2) is 8.42 Å². The zero-order chi connectivity index (χ0) is 15.6. The number of halogens is 1. The first kappa shape index (κ1) is 16.1. The average Bonchev–Trinajstić information content (AvgIpc) is 2.76. The van der Waals surface area contributed by atoms with Crippen molar-refractivity contribution < 1.29 is 12.8 Å². The maximum Gasteiger partial charge on any atom is 0.266 e. The molecule has 0 aliphatic rings. The van der Waals surface area contributed by atoms with Gasteiger partial charge in [0.2, 0.25) is 0 Å². The predicted molar refractivity (Wildman–Crippen MR) is 85.9 cm³/mol. The van der Waals surface area contributed by atoms with Crippen LogP contribution < -0.4 is 10.0 Å². The van der Waals surface area contributed by atoms with Crippen molar-refractivity contribution in [2.45, 2.75) is 25.3 Å². The first-order valence-electron chi connectivity index (χ1n) is 6.36. The summed E-state index contributed by atoms with van der Waals surface area (Å²) in [4.78, 5) is 0.0913. The molecule has 0 unspecified atom stereocenters. The van der Waals surface area contributed by atoms with E-state index in [0.29, 0.717) is 18.0 Å². The molecule has 0 saturated heterocycles. The Labute approximate surface area is 132 Å². The van der Waals surface area contributed by atoms with Crippen LogP contribution in [0.4, 0.5) is 5.69 Å². The van der Waals surface area contributed by atoms with Crippen molar-refractivity contribution in [3.05, 3.63) is 45.8 Å². The number of rotatable bonds is 5. The molecule has 0 spiro atoms. The van der Waals surface area contributed by atoms with Crippen LogP contribution in [-0.2, 0) is 16.6 Å². The third-order valence-electron chi connectivity index (χ3n) is 2.98. The van der Waals surface area contributed by atoms with Gasteiger partial charge in [-0.15, -0.1) is 0 Å². The Kier molecular flexibility index (Phi) is 4.75. The number of furan rings is 1. The van der Waals surface area contributed by atoms with Crippen molar-refractivity contribution in [3.8, 4) is 0 Å². The van der Waals surface area contributed by atoms with Crippen LogP contribution in [0.15, 0.2) is 38.2 Å². The minimum absolute atomic E-state index is 0.0913. The fourth-order valence-corrected chi connectivity index (χ4v) is 4.01. The third kappa shape index (κ3) is 3.66.